The Morgan fingerprint density at radius 1 is 1.00 bits per heavy atom. The zero-order valence-electron chi connectivity index (χ0n) is 12.6. The zero-order valence-corrected chi connectivity index (χ0v) is 12.6. The van der Waals surface area contributed by atoms with E-state index in [-0.39, 0.29) is 0 Å². The van der Waals surface area contributed by atoms with Gasteiger partial charge in [-0.15, -0.1) is 0 Å². The fourth-order valence-corrected chi connectivity index (χ4v) is 2.26. The number of methoxy groups -OCH3 is 1. The molecule has 0 amide bonds. The van der Waals surface area contributed by atoms with Crippen molar-refractivity contribution in [3.05, 3.63) is 78.1 Å². The molecule has 0 spiro atoms. The van der Waals surface area contributed by atoms with Gasteiger partial charge in [0, 0.05) is 12.7 Å². The number of hydrogen-bond donors (Lipinski definition) is 1. The average Bonchev–Trinajstić information content (AvgIpc) is 3.02. The topological polar surface area (TPSA) is 39.1 Å². The number of nitrogens with zero attached hydrogens (tertiary/aromatic N) is 2. The van der Waals surface area contributed by atoms with Gasteiger partial charge in [0.25, 0.3) is 0 Å². The Labute approximate surface area is 130 Å². The van der Waals surface area contributed by atoms with E-state index in [9.17, 15) is 0 Å². The van der Waals surface area contributed by atoms with Crippen LogP contribution in [0.4, 0.5) is 5.69 Å². The molecular weight excluding hydrogens is 274 g/mol. The number of benzene rings is 2. The smallest absolute Gasteiger partial charge is 0.118 e. The van der Waals surface area contributed by atoms with Crippen LogP contribution in [0.1, 0.15) is 11.1 Å². The van der Waals surface area contributed by atoms with Gasteiger partial charge in [-0.1, -0.05) is 42.5 Å². The van der Waals surface area contributed by atoms with E-state index in [1.165, 1.54) is 11.1 Å². The molecule has 0 atom stereocenters. The molecule has 2 aromatic carbocycles. The zero-order chi connectivity index (χ0) is 15.2. The van der Waals surface area contributed by atoms with Crippen LogP contribution in [0.3, 0.4) is 0 Å². The van der Waals surface area contributed by atoms with Gasteiger partial charge in [0.2, 0.25) is 0 Å². The number of anilines is 1. The summed E-state index contributed by atoms with van der Waals surface area (Å²) in [5.74, 6) is 0.870. The summed E-state index contributed by atoms with van der Waals surface area (Å²) in [6, 6.07) is 18.4. The Balaban J connectivity index is 1.58. The highest BCUT2D eigenvalue weighted by Gasteiger charge is 2.00. The van der Waals surface area contributed by atoms with Crippen LogP contribution in [0, 0.1) is 0 Å². The Morgan fingerprint density at radius 2 is 1.77 bits per heavy atom. The Bertz CT molecular complexity index is 705. The molecule has 0 unspecified atom stereocenters. The summed E-state index contributed by atoms with van der Waals surface area (Å²) in [5, 5.41) is 7.77. The number of ether oxygens (including phenoxy) is 1. The van der Waals surface area contributed by atoms with Crippen molar-refractivity contribution in [3.63, 3.8) is 0 Å². The van der Waals surface area contributed by atoms with Crippen molar-refractivity contribution in [3.8, 4) is 5.75 Å². The fourth-order valence-electron chi connectivity index (χ4n) is 2.26. The van der Waals surface area contributed by atoms with Gasteiger partial charge < -0.3 is 10.1 Å². The number of aromatic nitrogens is 2. The van der Waals surface area contributed by atoms with Gasteiger partial charge >= 0.3 is 0 Å². The van der Waals surface area contributed by atoms with E-state index in [2.05, 4.69) is 34.7 Å². The summed E-state index contributed by atoms with van der Waals surface area (Å²) in [7, 11) is 1.67. The number of rotatable bonds is 6. The Kier molecular flexibility index (Phi) is 4.39. The first kappa shape index (κ1) is 14.2. The summed E-state index contributed by atoms with van der Waals surface area (Å²) in [4.78, 5) is 0. The molecule has 0 aliphatic carbocycles. The van der Waals surface area contributed by atoms with Crippen LogP contribution < -0.4 is 10.1 Å². The minimum Gasteiger partial charge on any atom is -0.497 e. The lowest BCUT2D eigenvalue weighted by Gasteiger charge is -2.04. The molecule has 4 heteroatoms. The van der Waals surface area contributed by atoms with Crippen LogP contribution >= 0.6 is 0 Å². The molecule has 3 aromatic rings. The summed E-state index contributed by atoms with van der Waals surface area (Å²) in [6.45, 7) is 1.55. The first-order valence-electron chi connectivity index (χ1n) is 7.27. The van der Waals surface area contributed by atoms with Crippen molar-refractivity contribution in [2.24, 2.45) is 0 Å². The van der Waals surface area contributed by atoms with E-state index in [1.807, 2.05) is 47.4 Å². The Hall–Kier alpha value is -2.75. The normalized spacial score (nSPS) is 10.4. The second-order valence-electron chi connectivity index (χ2n) is 5.11. The van der Waals surface area contributed by atoms with Crippen molar-refractivity contribution in [2.75, 3.05) is 12.4 Å². The van der Waals surface area contributed by atoms with Crippen molar-refractivity contribution in [1.29, 1.82) is 0 Å². The molecule has 0 bridgehead atoms. The van der Waals surface area contributed by atoms with Gasteiger partial charge in [0.15, 0.2) is 0 Å². The molecule has 0 saturated carbocycles. The minimum absolute atomic E-state index is 0.747. The summed E-state index contributed by atoms with van der Waals surface area (Å²) < 4.78 is 7.09. The third kappa shape index (κ3) is 3.67. The van der Waals surface area contributed by atoms with E-state index >= 15 is 0 Å². The molecule has 0 fully saturated rings. The lowest BCUT2D eigenvalue weighted by atomic mass is 10.2. The van der Waals surface area contributed by atoms with E-state index in [1.54, 1.807) is 7.11 Å². The summed E-state index contributed by atoms with van der Waals surface area (Å²) in [5.41, 5.74) is 3.47. The number of nitrogens with one attached hydrogen (secondary N) is 1. The lowest BCUT2D eigenvalue weighted by Crippen LogP contribution is -2.00. The highest BCUT2D eigenvalue weighted by Crippen LogP contribution is 2.13. The largest absolute Gasteiger partial charge is 0.497 e. The summed E-state index contributed by atoms with van der Waals surface area (Å²) in [6.07, 6.45) is 3.87. The maximum absolute atomic E-state index is 5.17. The lowest BCUT2D eigenvalue weighted by molar-refractivity contribution is 0.414. The second-order valence-corrected chi connectivity index (χ2v) is 5.11. The molecule has 4 nitrogen and oxygen atoms in total. The average molecular weight is 293 g/mol. The first-order chi connectivity index (χ1) is 10.8. The van der Waals surface area contributed by atoms with E-state index < -0.39 is 0 Å². The third-order valence-electron chi connectivity index (χ3n) is 3.48. The second kappa shape index (κ2) is 6.80. The van der Waals surface area contributed by atoms with Crippen LogP contribution in [0.2, 0.25) is 0 Å². The van der Waals surface area contributed by atoms with E-state index in [0.717, 1.165) is 24.5 Å². The first-order valence-corrected chi connectivity index (χ1v) is 7.27. The van der Waals surface area contributed by atoms with E-state index in [0.29, 0.717) is 0 Å². The van der Waals surface area contributed by atoms with Crippen LogP contribution in [0.25, 0.3) is 0 Å². The van der Waals surface area contributed by atoms with E-state index in [4.69, 9.17) is 4.74 Å². The van der Waals surface area contributed by atoms with Crippen LogP contribution in [0.5, 0.6) is 5.75 Å². The van der Waals surface area contributed by atoms with Gasteiger partial charge in [-0.25, -0.2) is 0 Å². The molecule has 0 radical (unpaired) electrons. The van der Waals surface area contributed by atoms with Crippen LogP contribution in [-0.2, 0) is 13.1 Å². The molecule has 3 rings (SSSR count). The predicted molar refractivity (Wildman–Crippen MR) is 88.1 cm³/mol. The molecule has 112 valence electrons. The van der Waals surface area contributed by atoms with Crippen molar-refractivity contribution in [1.82, 2.24) is 9.78 Å². The minimum atomic E-state index is 0.747. The fraction of sp³-hybridized carbons (Fsp3) is 0.167. The quantitative estimate of drug-likeness (QED) is 0.755. The summed E-state index contributed by atoms with van der Waals surface area (Å²) >= 11 is 0. The van der Waals surface area contributed by atoms with Gasteiger partial charge in [-0.2, -0.15) is 5.10 Å². The predicted octanol–water partition coefficient (Wildman–Crippen LogP) is 3.55. The third-order valence-corrected chi connectivity index (χ3v) is 3.48. The monoisotopic (exact) mass is 293 g/mol. The number of hydrogen-bond acceptors (Lipinski definition) is 3. The molecular formula is C18H19N3O. The molecule has 0 saturated heterocycles. The molecule has 22 heavy (non-hydrogen) atoms. The standard InChI is InChI=1S/C18H19N3O/c1-22-18-9-7-16(8-10-18)13-21-14-17(12-20-21)19-11-15-5-3-2-4-6-15/h2-10,12,14,19H,11,13H2,1H3. The molecule has 1 heterocycles. The van der Waals surface area contributed by atoms with Crippen LogP contribution in [0.15, 0.2) is 67.0 Å². The van der Waals surface area contributed by atoms with Gasteiger partial charge in [-0.3, -0.25) is 4.68 Å². The molecule has 1 aromatic heterocycles. The Morgan fingerprint density at radius 3 is 2.50 bits per heavy atom. The molecule has 0 aliphatic rings. The van der Waals surface area contributed by atoms with Gasteiger partial charge in [-0.05, 0) is 23.3 Å². The van der Waals surface area contributed by atoms with Crippen LogP contribution in [-0.4, -0.2) is 16.9 Å². The maximum Gasteiger partial charge on any atom is 0.118 e. The van der Waals surface area contributed by atoms with Gasteiger partial charge in [0.05, 0.1) is 25.5 Å². The highest BCUT2D eigenvalue weighted by molar-refractivity contribution is 5.39. The van der Waals surface area contributed by atoms with Crippen molar-refractivity contribution in [2.45, 2.75) is 13.1 Å². The van der Waals surface area contributed by atoms with Gasteiger partial charge in [0.1, 0.15) is 5.75 Å². The highest BCUT2D eigenvalue weighted by atomic mass is 16.5. The SMILES string of the molecule is COc1ccc(Cn2cc(NCc3ccccc3)cn2)cc1. The van der Waals surface area contributed by atoms with Crippen molar-refractivity contribution >= 4 is 5.69 Å². The molecule has 0 aliphatic heterocycles. The van der Waals surface area contributed by atoms with Crippen molar-refractivity contribution < 1.29 is 4.74 Å². The molecule has 1 N–H and O–H groups in total. The maximum atomic E-state index is 5.17.